The molecule has 0 fully saturated rings. The number of amides is 1. The minimum absolute atomic E-state index is 0. The van der Waals surface area contributed by atoms with Crippen molar-refractivity contribution < 1.29 is 13.7 Å². The number of carbonyl (C=O) groups is 1. The third-order valence-electron chi connectivity index (χ3n) is 4.29. The predicted octanol–water partition coefficient (Wildman–Crippen LogP) is 3.58. The topological polar surface area (TPSA) is 80.0 Å². The van der Waals surface area contributed by atoms with E-state index in [1.807, 2.05) is 22.9 Å². The number of nitrogens with zero attached hydrogens (tertiary/aromatic N) is 2. The van der Waals surface area contributed by atoms with Crippen LogP contribution in [0.5, 0.6) is 0 Å². The summed E-state index contributed by atoms with van der Waals surface area (Å²) in [6.45, 7) is 1.40. The fourth-order valence-corrected chi connectivity index (χ4v) is 3.56. The lowest BCUT2D eigenvalue weighted by Gasteiger charge is -2.19. The van der Waals surface area contributed by atoms with Crippen LogP contribution in [-0.4, -0.2) is 22.6 Å². The summed E-state index contributed by atoms with van der Waals surface area (Å²) in [6, 6.07) is 5.37. The Morgan fingerprint density at radius 2 is 2.26 bits per heavy atom. The highest BCUT2D eigenvalue weighted by atomic mass is 35.5. The van der Waals surface area contributed by atoms with Crippen molar-refractivity contribution in [3.8, 4) is 11.4 Å². The number of aryl methyl sites for hydroxylation is 1. The summed E-state index contributed by atoms with van der Waals surface area (Å²) < 4.78 is 19.7. The number of anilines is 1. The van der Waals surface area contributed by atoms with Crippen LogP contribution in [0.3, 0.4) is 0 Å². The number of halogens is 2. The molecule has 0 unspecified atom stereocenters. The van der Waals surface area contributed by atoms with E-state index in [0.717, 1.165) is 17.7 Å². The van der Waals surface area contributed by atoms with Crippen LogP contribution in [0.15, 0.2) is 33.5 Å². The average Bonchev–Trinajstić information content (AvgIpc) is 3.34. The van der Waals surface area contributed by atoms with E-state index in [2.05, 4.69) is 20.8 Å². The van der Waals surface area contributed by atoms with Gasteiger partial charge in [-0.2, -0.15) is 16.3 Å². The van der Waals surface area contributed by atoms with Gasteiger partial charge in [-0.15, -0.1) is 12.4 Å². The molecule has 1 aromatic carbocycles. The summed E-state index contributed by atoms with van der Waals surface area (Å²) in [7, 11) is 0. The zero-order chi connectivity index (χ0) is 17.9. The van der Waals surface area contributed by atoms with Gasteiger partial charge in [0.15, 0.2) is 0 Å². The second kappa shape index (κ2) is 8.60. The lowest BCUT2D eigenvalue weighted by Crippen LogP contribution is -2.25. The smallest absolute Gasteiger partial charge is 0.227 e. The van der Waals surface area contributed by atoms with Crippen LogP contribution in [0.1, 0.15) is 23.4 Å². The van der Waals surface area contributed by atoms with Gasteiger partial charge < -0.3 is 15.2 Å². The Morgan fingerprint density at radius 1 is 1.37 bits per heavy atom. The highest BCUT2D eigenvalue weighted by Crippen LogP contribution is 2.25. The third kappa shape index (κ3) is 4.35. The molecule has 0 atom stereocenters. The summed E-state index contributed by atoms with van der Waals surface area (Å²) in [5, 5.41) is 13.6. The fourth-order valence-electron chi connectivity index (χ4n) is 2.93. The molecule has 6 nitrogen and oxygen atoms in total. The molecule has 2 N–H and O–H groups in total. The van der Waals surface area contributed by atoms with Crippen LogP contribution < -0.4 is 10.6 Å². The standard InChI is InChI=1S/C18H17FN4O2S.ClH/c19-17-13-5-7-20-9-11(13)1-2-14(17)21-15(24)3-4-16-22-18(23-25-16)12-6-8-26-10-12;/h1-2,6,8,10,20H,3-5,7,9H2,(H,21,24);1H. The van der Waals surface area contributed by atoms with Gasteiger partial charge in [-0.3, -0.25) is 4.79 Å². The lowest BCUT2D eigenvalue weighted by molar-refractivity contribution is -0.116. The van der Waals surface area contributed by atoms with Gasteiger partial charge in [0.2, 0.25) is 17.6 Å². The van der Waals surface area contributed by atoms with Crippen molar-refractivity contribution in [2.24, 2.45) is 0 Å². The molecule has 1 amide bonds. The number of thiophene rings is 1. The van der Waals surface area contributed by atoms with Crippen molar-refractivity contribution >= 4 is 35.3 Å². The van der Waals surface area contributed by atoms with Crippen LogP contribution in [0.4, 0.5) is 10.1 Å². The fraction of sp³-hybridized carbons (Fsp3) is 0.278. The zero-order valence-corrected chi connectivity index (χ0v) is 16.0. The molecule has 3 heterocycles. The quantitative estimate of drug-likeness (QED) is 0.674. The maximum absolute atomic E-state index is 14.6. The predicted molar refractivity (Wildman–Crippen MR) is 104 cm³/mol. The number of carbonyl (C=O) groups excluding carboxylic acids is 1. The molecule has 4 rings (SSSR count). The lowest BCUT2D eigenvalue weighted by atomic mass is 9.99. The Balaban J connectivity index is 0.00000210. The van der Waals surface area contributed by atoms with Crippen molar-refractivity contribution in [3.63, 3.8) is 0 Å². The number of rotatable bonds is 5. The molecule has 1 aliphatic heterocycles. The molecule has 0 bridgehead atoms. The average molecular weight is 409 g/mol. The number of aromatic nitrogens is 2. The summed E-state index contributed by atoms with van der Waals surface area (Å²) in [5.41, 5.74) is 2.73. The molecule has 0 saturated heterocycles. The van der Waals surface area contributed by atoms with Gasteiger partial charge in [0, 0.05) is 30.3 Å². The van der Waals surface area contributed by atoms with E-state index < -0.39 is 0 Å². The normalized spacial score (nSPS) is 12.9. The van der Waals surface area contributed by atoms with Crippen molar-refractivity contribution in [1.29, 1.82) is 0 Å². The van der Waals surface area contributed by atoms with Crippen molar-refractivity contribution in [2.45, 2.75) is 25.8 Å². The highest BCUT2D eigenvalue weighted by molar-refractivity contribution is 7.08. The van der Waals surface area contributed by atoms with Gasteiger partial charge in [-0.1, -0.05) is 11.2 Å². The Labute approximate surface area is 165 Å². The summed E-state index contributed by atoms with van der Waals surface area (Å²) >= 11 is 1.55. The first-order chi connectivity index (χ1) is 12.7. The van der Waals surface area contributed by atoms with Gasteiger partial charge in [0.25, 0.3) is 0 Å². The molecule has 142 valence electrons. The van der Waals surface area contributed by atoms with Gasteiger partial charge in [0.1, 0.15) is 5.82 Å². The van der Waals surface area contributed by atoms with E-state index in [1.165, 1.54) is 0 Å². The minimum Gasteiger partial charge on any atom is -0.339 e. The van der Waals surface area contributed by atoms with E-state index in [0.29, 0.717) is 36.7 Å². The van der Waals surface area contributed by atoms with Crippen LogP contribution in [0.2, 0.25) is 0 Å². The zero-order valence-electron chi connectivity index (χ0n) is 14.3. The Hall–Kier alpha value is -2.29. The first-order valence-corrected chi connectivity index (χ1v) is 9.31. The number of hydrogen-bond acceptors (Lipinski definition) is 6. The first-order valence-electron chi connectivity index (χ1n) is 8.36. The van der Waals surface area contributed by atoms with E-state index in [-0.39, 0.29) is 36.2 Å². The van der Waals surface area contributed by atoms with Crippen molar-refractivity contribution in [3.05, 3.63) is 51.8 Å². The molecular formula is C18H18ClFN4O2S. The monoisotopic (exact) mass is 408 g/mol. The minimum atomic E-state index is -0.338. The Bertz CT molecular complexity index is 930. The number of nitrogens with one attached hydrogen (secondary N) is 2. The molecule has 9 heteroatoms. The van der Waals surface area contributed by atoms with Crippen LogP contribution >= 0.6 is 23.7 Å². The van der Waals surface area contributed by atoms with Gasteiger partial charge in [-0.25, -0.2) is 4.39 Å². The SMILES string of the molecule is Cl.O=C(CCc1nc(-c2ccsc2)no1)Nc1ccc2c(c1F)CCNC2. The van der Waals surface area contributed by atoms with Gasteiger partial charge >= 0.3 is 0 Å². The summed E-state index contributed by atoms with van der Waals surface area (Å²) in [6.07, 6.45) is 1.07. The maximum Gasteiger partial charge on any atom is 0.227 e. The molecule has 0 radical (unpaired) electrons. The molecule has 2 aromatic heterocycles. The number of hydrogen-bond donors (Lipinski definition) is 2. The van der Waals surface area contributed by atoms with E-state index in [4.69, 9.17) is 4.52 Å². The molecule has 0 aliphatic carbocycles. The molecule has 3 aromatic rings. The van der Waals surface area contributed by atoms with Crippen LogP contribution in [0, 0.1) is 5.82 Å². The molecule has 1 aliphatic rings. The van der Waals surface area contributed by atoms with Crippen LogP contribution in [0.25, 0.3) is 11.4 Å². The third-order valence-corrected chi connectivity index (χ3v) is 4.98. The van der Waals surface area contributed by atoms with Gasteiger partial charge in [0.05, 0.1) is 5.69 Å². The van der Waals surface area contributed by atoms with E-state index in [9.17, 15) is 9.18 Å². The van der Waals surface area contributed by atoms with E-state index in [1.54, 1.807) is 17.4 Å². The number of benzene rings is 1. The van der Waals surface area contributed by atoms with Crippen molar-refractivity contribution in [1.82, 2.24) is 15.5 Å². The molecule has 27 heavy (non-hydrogen) atoms. The second-order valence-corrected chi connectivity index (χ2v) is 6.84. The molecule has 0 saturated carbocycles. The first kappa shape index (κ1) is 19.5. The summed E-state index contributed by atoms with van der Waals surface area (Å²) in [5.74, 6) is 0.275. The van der Waals surface area contributed by atoms with E-state index >= 15 is 0 Å². The largest absolute Gasteiger partial charge is 0.339 e. The molecular weight excluding hydrogens is 391 g/mol. The Kier molecular flexibility index (Phi) is 6.20. The maximum atomic E-state index is 14.6. The van der Waals surface area contributed by atoms with Crippen molar-refractivity contribution in [2.75, 3.05) is 11.9 Å². The summed E-state index contributed by atoms with van der Waals surface area (Å²) in [4.78, 5) is 16.4. The Morgan fingerprint density at radius 3 is 3.07 bits per heavy atom. The van der Waals surface area contributed by atoms with Gasteiger partial charge in [-0.05, 0) is 41.6 Å². The number of fused-ring (bicyclic) bond motifs is 1. The highest BCUT2D eigenvalue weighted by Gasteiger charge is 2.18. The second-order valence-electron chi connectivity index (χ2n) is 6.06. The van der Waals surface area contributed by atoms with Crippen LogP contribution in [-0.2, 0) is 24.2 Å². The molecule has 0 spiro atoms.